The molecule has 0 aromatic rings. The molecule has 1 saturated heterocycles. The molecule has 1 fully saturated rings. The molecule has 0 aliphatic carbocycles. The number of carbonyl (C=O) groups is 2. The summed E-state index contributed by atoms with van der Waals surface area (Å²) >= 11 is 0. The molecule has 0 aromatic carbocycles. The Kier molecular flexibility index (Phi) is 4.39. The predicted octanol–water partition coefficient (Wildman–Crippen LogP) is 0.0909. The summed E-state index contributed by atoms with van der Waals surface area (Å²) in [6.07, 6.45) is 3.66. The largest absolute Gasteiger partial charge is 0.396 e. The maximum Gasteiger partial charge on any atom is 0.324 e. The van der Waals surface area contributed by atoms with Crippen LogP contribution in [0.1, 0.15) is 25.7 Å². The second kappa shape index (κ2) is 5.59. The molecule has 0 spiro atoms. The third-order valence-corrected chi connectivity index (χ3v) is 2.20. The fourth-order valence-corrected chi connectivity index (χ4v) is 1.43. The van der Waals surface area contributed by atoms with Crippen molar-refractivity contribution in [2.45, 2.75) is 25.7 Å². The molecule has 14 heavy (non-hydrogen) atoms. The van der Waals surface area contributed by atoms with E-state index in [0.717, 1.165) is 25.7 Å². The van der Waals surface area contributed by atoms with E-state index in [0.29, 0.717) is 6.54 Å². The normalized spacial score (nSPS) is 16.2. The Morgan fingerprint density at radius 1 is 1.21 bits per heavy atom. The molecule has 1 aliphatic rings. The Labute approximate surface area is 83.1 Å². The van der Waals surface area contributed by atoms with Crippen molar-refractivity contribution in [3.63, 3.8) is 0 Å². The van der Waals surface area contributed by atoms with Crippen LogP contribution in [0.2, 0.25) is 0 Å². The van der Waals surface area contributed by atoms with E-state index in [1.54, 1.807) is 0 Å². The molecule has 1 aliphatic heterocycles. The van der Waals surface area contributed by atoms with Gasteiger partial charge in [0, 0.05) is 13.2 Å². The van der Waals surface area contributed by atoms with Gasteiger partial charge in [-0.1, -0.05) is 12.8 Å². The van der Waals surface area contributed by atoms with Gasteiger partial charge >= 0.3 is 6.03 Å². The number of urea groups is 1. The molecule has 0 saturated carbocycles. The highest BCUT2D eigenvalue weighted by atomic mass is 16.3. The molecule has 2 N–H and O–H groups in total. The SMILES string of the molecule is O=C1CN(CCCCCCO)C(=O)N1. The number of amides is 3. The van der Waals surface area contributed by atoms with E-state index >= 15 is 0 Å². The zero-order valence-corrected chi connectivity index (χ0v) is 8.16. The molecule has 3 amide bonds. The first-order valence-corrected chi connectivity index (χ1v) is 4.93. The van der Waals surface area contributed by atoms with Gasteiger partial charge in [-0.05, 0) is 12.8 Å². The van der Waals surface area contributed by atoms with Crippen molar-refractivity contribution >= 4 is 11.9 Å². The Morgan fingerprint density at radius 2 is 1.93 bits per heavy atom. The monoisotopic (exact) mass is 200 g/mol. The van der Waals surface area contributed by atoms with Gasteiger partial charge in [0.2, 0.25) is 5.91 Å². The number of aliphatic hydroxyl groups is 1. The van der Waals surface area contributed by atoms with Crippen LogP contribution in [0.15, 0.2) is 0 Å². The first-order valence-electron chi connectivity index (χ1n) is 4.93. The molecule has 0 unspecified atom stereocenters. The van der Waals surface area contributed by atoms with Crippen LogP contribution in [0.3, 0.4) is 0 Å². The number of imide groups is 1. The summed E-state index contributed by atoms with van der Waals surface area (Å²) < 4.78 is 0. The summed E-state index contributed by atoms with van der Waals surface area (Å²) in [5, 5.41) is 10.8. The Hall–Kier alpha value is -1.10. The number of unbranched alkanes of at least 4 members (excludes halogenated alkanes) is 3. The number of nitrogens with one attached hydrogen (secondary N) is 1. The molecule has 0 bridgehead atoms. The summed E-state index contributed by atoms with van der Waals surface area (Å²) in [6.45, 7) is 1.05. The Bertz CT molecular complexity index is 218. The first-order chi connectivity index (χ1) is 6.74. The minimum atomic E-state index is -0.280. The van der Waals surface area contributed by atoms with Crippen LogP contribution in [0, 0.1) is 0 Å². The lowest BCUT2D eigenvalue weighted by molar-refractivity contribution is -0.118. The Morgan fingerprint density at radius 3 is 2.50 bits per heavy atom. The first kappa shape index (κ1) is 11.0. The van der Waals surface area contributed by atoms with Gasteiger partial charge in [-0.15, -0.1) is 0 Å². The maximum atomic E-state index is 11.1. The van der Waals surface area contributed by atoms with Gasteiger partial charge in [-0.3, -0.25) is 10.1 Å². The molecule has 0 aromatic heterocycles. The van der Waals surface area contributed by atoms with Gasteiger partial charge in [0.1, 0.15) is 6.54 Å². The van der Waals surface area contributed by atoms with Crippen LogP contribution in [0.5, 0.6) is 0 Å². The van der Waals surface area contributed by atoms with E-state index in [1.165, 1.54) is 4.90 Å². The number of carbonyl (C=O) groups excluding carboxylic acids is 2. The van der Waals surface area contributed by atoms with E-state index in [1.807, 2.05) is 0 Å². The molecule has 0 atom stereocenters. The van der Waals surface area contributed by atoms with Gasteiger partial charge in [0.15, 0.2) is 0 Å². The van der Waals surface area contributed by atoms with Crippen LogP contribution in [-0.4, -0.2) is 41.6 Å². The highest BCUT2D eigenvalue weighted by Gasteiger charge is 2.25. The van der Waals surface area contributed by atoms with Crippen molar-refractivity contribution in [2.75, 3.05) is 19.7 Å². The van der Waals surface area contributed by atoms with E-state index < -0.39 is 0 Å². The zero-order valence-electron chi connectivity index (χ0n) is 8.16. The van der Waals surface area contributed by atoms with Crippen molar-refractivity contribution in [2.24, 2.45) is 0 Å². The van der Waals surface area contributed by atoms with Crippen LogP contribution in [0.25, 0.3) is 0 Å². The Balaban J connectivity index is 2.07. The van der Waals surface area contributed by atoms with Gasteiger partial charge in [0.25, 0.3) is 0 Å². The fourth-order valence-electron chi connectivity index (χ4n) is 1.43. The van der Waals surface area contributed by atoms with E-state index in [9.17, 15) is 9.59 Å². The van der Waals surface area contributed by atoms with E-state index in [4.69, 9.17) is 5.11 Å². The molecule has 5 heteroatoms. The lowest BCUT2D eigenvalue weighted by Gasteiger charge is -2.11. The van der Waals surface area contributed by atoms with E-state index in [-0.39, 0.29) is 25.1 Å². The van der Waals surface area contributed by atoms with Gasteiger partial charge in [-0.2, -0.15) is 0 Å². The zero-order chi connectivity index (χ0) is 10.4. The predicted molar refractivity (Wildman–Crippen MR) is 50.7 cm³/mol. The van der Waals surface area contributed by atoms with Crippen molar-refractivity contribution in [1.82, 2.24) is 10.2 Å². The van der Waals surface area contributed by atoms with Crippen molar-refractivity contribution in [1.29, 1.82) is 0 Å². The summed E-state index contributed by atoms with van der Waals surface area (Å²) in [5.41, 5.74) is 0. The number of nitrogens with zero attached hydrogens (tertiary/aromatic N) is 1. The average molecular weight is 200 g/mol. The number of hydrogen-bond donors (Lipinski definition) is 2. The van der Waals surface area contributed by atoms with Crippen LogP contribution >= 0.6 is 0 Å². The lowest BCUT2D eigenvalue weighted by Crippen LogP contribution is -2.29. The molecule has 1 heterocycles. The summed E-state index contributed by atoms with van der Waals surface area (Å²) in [5.74, 6) is -0.217. The van der Waals surface area contributed by atoms with Crippen LogP contribution in [-0.2, 0) is 4.79 Å². The third-order valence-electron chi connectivity index (χ3n) is 2.20. The third kappa shape index (κ3) is 3.33. The highest BCUT2D eigenvalue weighted by molar-refractivity contribution is 6.01. The minimum Gasteiger partial charge on any atom is -0.396 e. The minimum absolute atomic E-state index is 0.193. The smallest absolute Gasteiger partial charge is 0.324 e. The van der Waals surface area contributed by atoms with Crippen LogP contribution in [0.4, 0.5) is 4.79 Å². The van der Waals surface area contributed by atoms with Crippen molar-refractivity contribution < 1.29 is 14.7 Å². The van der Waals surface area contributed by atoms with Gasteiger partial charge in [0.05, 0.1) is 0 Å². The standard InChI is InChI=1S/C9H16N2O3/c12-6-4-2-1-3-5-11-7-8(13)10-9(11)14/h12H,1-7H2,(H,10,13,14). The van der Waals surface area contributed by atoms with Crippen LogP contribution < -0.4 is 5.32 Å². The summed E-state index contributed by atoms with van der Waals surface area (Å²) in [7, 11) is 0. The van der Waals surface area contributed by atoms with Gasteiger partial charge in [-0.25, -0.2) is 4.79 Å². The molecular formula is C9H16N2O3. The van der Waals surface area contributed by atoms with Gasteiger partial charge < -0.3 is 10.0 Å². The van der Waals surface area contributed by atoms with Crippen molar-refractivity contribution in [3.05, 3.63) is 0 Å². The molecule has 0 radical (unpaired) electrons. The maximum absolute atomic E-state index is 11.1. The highest BCUT2D eigenvalue weighted by Crippen LogP contribution is 2.04. The molecule has 5 nitrogen and oxygen atoms in total. The summed E-state index contributed by atoms with van der Waals surface area (Å²) in [4.78, 5) is 23.4. The number of aliphatic hydroxyl groups excluding tert-OH is 1. The topological polar surface area (TPSA) is 69.6 Å². The quantitative estimate of drug-likeness (QED) is 0.471. The summed E-state index contributed by atoms with van der Waals surface area (Å²) in [6, 6.07) is -0.280. The fraction of sp³-hybridized carbons (Fsp3) is 0.778. The second-order valence-corrected chi connectivity index (χ2v) is 3.41. The molecular weight excluding hydrogens is 184 g/mol. The molecule has 80 valence electrons. The number of rotatable bonds is 6. The lowest BCUT2D eigenvalue weighted by atomic mass is 10.2. The average Bonchev–Trinajstić information content (AvgIpc) is 2.45. The number of hydrogen-bond acceptors (Lipinski definition) is 3. The molecule has 1 rings (SSSR count). The second-order valence-electron chi connectivity index (χ2n) is 3.41. The van der Waals surface area contributed by atoms with Crippen molar-refractivity contribution in [3.8, 4) is 0 Å². The van der Waals surface area contributed by atoms with E-state index in [2.05, 4.69) is 5.32 Å².